The smallest absolute Gasteiger partial charge is 0.134 e. The third kappa shape index (κ3) is 3.55. The molecular weight excluding hydrogens is 413 g/mol. The average Bonchev–Trinajstić information content (AvgIpc) is 3.43. The Hall–Kier alpha value is -2.00. The van der Waals surface area contributed by atoms with Crippen LogP contribution in [0.4, 0.5) is 10.1 Å². The molecule has 0 amide bonds. The topological polar surface area (TPSA) is 56.4 Å². The van der Waals surface area contributed by atoms with Gasteiger partial charge in [0.15, 0.2) is 0 Å². The molecule has 3 saturated heterocycles. The van der Waals surface area contributed by atoms with Gasteiger partial charge in [-0.2, -0.15) is 0 Å². The van der Waals surface area contributed by atoms with Gasteiger partial charge in [-0.15, -0.1) is 11.3 Å². The monoisotopic (exact) mass is 441 g/mol. The molecule has 0 radical (unpaired) electrons. The summed E-state index contributed by atoms with van der Waals surface area (Å²) in [5.41, 5.74) is 3.09. The van der Waals surface area contributed by atoms with Crippen molar-refractivity contribution in [3.63, 3.8) is 0 Å². The number of likely N-dealkylation sites (tertiary alicyclic amines) is 1. The number of hydrogen-bond acceptors (Lipinski definition) is 6. The highest BCUT2D eigenvalue weighted by atomic mass is 32.1. The average molecular weight is 442 g/mol. The van der Waals surface area contributed by atoms with E-state index in [0.717, 1.165) is 72.3 Å². The first-order valence-electron chi connectivity index (χ1n) is 11.2. The second-order valence-corrected chi connectivity index (χ2v) is 10.2. The molecule has 6 nitrogen and oxygen atoms in total. The molecule has 3 aliphatic heterocycles. The lowest BCUT2D eigenvalue weighted by atomic mass is 9.72. The maximum absolute atomic E-state index is 15.4. The lowest BCUT2D eigenvalue weighted by Crippen LogP contribution is -2.59. The first-order valence-corrected chi connectivity index (χ1v) is 12.0. The number of piperidine rings is 1. The van der Waals surface area contributed by atoms with Crippen LogP contribution >= 0.6 is 11.3 Å². The highest BCUT2D eigenvalue weighted by Gasteiger charge is 2.43. The predicted molar refractivity (Wildman–Crippen MR) is 122 cm³/mol. The number of H-pyrrole nitrogens is 1. The van der Waals surface area contributed by atoms with Crippen LogP contribution in [0, 0.1) is 11.2 Å². The van der Waals surface area contributed by atoms with E-state index in [0.29, 0.717) is 24.2 Å². The molecule has 6 rings (SSSR count). The van der Waals surface area contributed by atoms with Crippen LogP contribution in [-0.4, -0.2) is 67.4 Å². The van der Waals surface area contributed by atoms with E-state index in [2.05, 4.69) is 25.1 Å². The first-order chi connectivity index (χ1) is 15.2. The zero-order chi connectivity index (χ0) is 20.8. The Morgan fingerprint density at radius 3 is 2.81 bits per heavy atom. The summed E-state index contributed by atoms with van der Waals surface area (Å²) < 4.78 is 20.8. The maximum atomic E-state index is 15.4. The van der Waals surface area contributed by atoms with Gasteiger partial charge < -0.3 is 19.9 Å². The molecule has 1 spiro atoms. The van der Waals surface area contributed by atoms with Crippen molar-refractivity contribution in [3.8, 4) is 10.4 Å². The van der Waals surface area contributed by atoms with Gasteiger partial charge in [-0.05, 0) is 37.4 Å². The molecule has 2 N–H and O–H groups in total. The molecule has 0 atom stereocenters. The number of rotatable bonds is 4. The van der Waals surface area contributed by atoms with Gasteiger partial charge in [-0.1, -0.05) is 0 Å². The van der Waals surface area contributed by atoms with Gasteiger partial charge in [-0.3, -0.25) is 4.90 Å². The van der Waals surface area contributed by atoms with Crippen LogP contribution in [0.1, 0.15) is 17.8 Å². The summed E-state index contributed by atoms with van der Waals surface area (Å²) in [6.07, 6.45) is 6.30. The fourth-order valence-electron chi connectivity index (χ4n) is 5.46. The van der Waals surface area contributed by atoms with Crippen molar-refractivity contribution in [1.82, 2.24) is 20.2 Å². The third-order valence-electron chi connectivity index (χ3n) is 7.07. The molecule has 3 aliphatic rings. The van der Waals surface area contributed by atoms with Crippen LogP contribution < -0.4 is 10.2 Å². The Bertz CT molecular complexity index is 1080. The van der Waals surface area contributed by atoms with Crippen molar-refractivity contribution in [2.75, 3.05) is 57.4 Å². The fourth-order valence-corrected chi connectivity index (χ4v) is 6.49. The van der Waals surface area contributed by atoms with Crippen LogP contribution in [0.3, 0.4) is 0 Å². The molecule has 3 fully saturated rings. The largest absolute Gasteiger partial charge is 0.378 e. The molecular formula is C23H28FN5OS. The van der Waals surface area contributed by atoms with Crippen molar-refractivity contribution in [3.05, 3.63) is 35.4 Å². The quantitative estimate of drug-likeness (QED) is 0.650. The van der Waals surface area contributed by atoms with Gasteiger partial charge in [0.05, 0.1) is 35.8 Å². The number of benzene rings is 1. The Balaban J connectivity index is 1.24. The zero-order valence-corrected chi connectivity index (χ0v) is 18.4. The van der Waals surface area contributed by atoms with Gasteiger partial charge in [0.1, 0.15) is 10.8 Å². The number of nitrogens with one attached hydrogen (secondary N) is 2. The molecule has 0 unspecified atom stereocenters. The molecule has 1 aromatic carbocycles. The SMILES string of the molecule is Fc1cc(N2CCOCC2)c2[nH]ccc2c1-c1cnc(CN2CC3(CCNCC3)C2)s1. The van der Waals surface area contributed by atoms with E-state index in [4.69, 9.17) is 4.74 Å². The van der Waals surface area contributed by atoms with E-state index < -0.39 is 0 Å². The summed E-state index contributed by atoms with van der Waals surface area (Å²) in [6.45, 7) is 8.39. The Kier molecular flexibility index (Phi) is 4.98. The van der Waals surface area contributed by atoms with E-state index in [-0.39, 0.29) is 5.82 Å². The van der Waals surface area contributed by atoms with Gasteiger partial charge in [0.2, 0.25) is 0 Å². The highest BCUT2D eigenvalue weighted by Crippen LogP contribution is 2.42. The first kappa shape index (κ1) is 19.7. The van der Waals surface area contributed by atoms with Crippen LogP contribution in [-0.2, 0) is 11.3 Å². The minimum Gasteiger partial charge on any atom is -0.378 e. The minimum absolute atomic E-state index is 0.179. The van der Waals surface area contributed by atoms with Gasteiger partial charge in [0.25, 0.3) is 0 Å². The molecule has 8 heteroatoms. The van der Waals surface area contributed by atoms with E-state index in [9.17, 15) is 0 Å². The second-order valence-electron chi connectivity index (χ2n) is 9.13. The van der Waals surface area contributed by atoms with Crippen LogP contribution in [0.15, 0.2) is 24.5 Å². The third-order valence-corrected chi connectivity index (χ3v) is 8.07. The highest BCUT2D eigenvalue weighted by molar-refractivity contribution is 7.15. The number of halogens is 1. The van der Waals surface area contributed by atoms with E-state index in [1.165, 1.54) is 12.8 Å². The number of aromatic amines is 1. The number of morpholine rings is 1. The molecule has 5 heterocycles. The molecule has 0 saturated carbocycles. The summed E-state index contributed by atoms with van der Waals surface area (Å²) in [5.74, 6) is -0.179. The van der Waals surface area contributed by atoms with E-state index in [1.54, 1.807) is 17.4 Å². The van der Waals surface area contributed by atoms with Gasteiger partial charge in [0, 0.05) is 55.6 Å². The number of aromatic nitrogens is 2. The van der Waals surface area contributed by atoms with E-state index >= 15 is 4.39 Å². The number of thiazole rings is 1. The van der Waals surface area contributed by atoms with Crippen molar-refractivity contribution in [1.29, 1.82) is 0 Å². The Labute approximate surface area is 185 Å². The van der Waals surface area contributed by atoms with Crippen molar-refractivity contribution in [2.24, 2.45) is 5.41 Å². The summed E-state index contributed by atoms with van der Waals surface area (Å²) in [4.78, 5) is 13.6. The summed E-state index contributed by atoms with van der Waals surface area (Å²) in [7, 11) is 0. The standard InChI is InChI=1S/C23H28FN5OS/c24-17-11-18(29-7-9-30-10-8-29)22-16(1-4-26-22)21(17)19-12-27-20(31-19)13-28-14-23(15-28)2-5-25-6-3-23/h1,4,11-12,25-26H,2-3,5-10,13-15H2. The molecule has 0 bridgehead atoms. The van der Waals surface area contributed by atoms with Crippen molar-refractivity contribution in [2.45, 2.75) is 19.4 Å². The fraction of sp³-hybridized carbons (Fsp3) is 0.522. The minimum atomic E-state index is -0.179. The van der Waals surface area contributed by atoms with Crippen LogP contribution in [0.25, 0.3) is 21.3 Å². The summed E-state index contributed by atoms with van der Waals surface area (Å²) in [6, 6.07) is 3.66. The summed E-state index contributed by atoms with van der Waals surface area (Å²) in [5, 5.41) is 5.45. The Morgan fingerprint density at radius 1 is 1.19 bits per heavy atom. The summed E-state index contributed by atoms with van der Waals surface area (Å²) >= 11 is 1.62. The number of ether oxygens (including phenoxy) is 1. The molecule has 3 aromatic rings. The zero-order valence-electron chi connectivity index (χ0n) is 17.6. The normalized spacial score (nSPS) is 21.6. The van der Waals surface area contributed by atoms with Gasteiger partial charge in [-0.25, -0.2) is 9.37 Å². The predicted octanol–water partition coefficient (Wildman–Crippen LogP) is 3.45. The van der Waals surface area contributed by atoms with E-state index in [1.807, 2.05) is 18.5 Å². The van der Waals surface area contributed by atoms with Gasteiger partial charge >= 0.3 is 0 Å². The van der Waals surface area contributed by atoms with Crippen LogP contribution in [0.2, 0.25) is 0 Å². The lowest BCUT2D eigenvalue weighted by Gasteiger charge is -2.52. The second kappa shape index (κ2) is 7.85. The van der Waals surface area contributed by atoms with Crippen molar-refractivity contribution < 1.29 is 9.13 Å². The molecule has 31 heavy (non-hydrogen) atoms. The van der Waals surface area contributed by atoms with Crippen LogP contribution in [0.5, 0.6) is 0 Å². The Morgan fingerprint density at radius 2 is 2.00 bits per heavy atom. The lowest BCUT2D eigenvalue weighted by molar-refractivity contribution is -0.0282. The number of hydrogen-bond donors (Lipinski definition) is 2. The molecule has 0 aliphatic carbocycles. The molecule has 2 aromatic heterocycles. The number of anilines is 1. The maximum Gasteiger partial charge on any atom is 0.134 e. The molecule has 164 valence electrons. The number of fused-ring (bicyclic) bond motifs is 1. The van der Waals surface area contributed by atoms with Crippen molar-refractivity contribution >= 4 is 27.9 Å². The number of nitrogens with zero attached hydrogens (tertiary/aromatic N) is 3.